The van der Waals surface area contributed by atoms with E-state index >= 15 is 0 Å². The third-order valence-corrected chi connectivity index (χ3v) is 3.12. The third-order valence-electron chi connectivity index (χ3n) is 3.12. The summed E-state index contributed by atoms with van der Waals surface area (Å²) < 4.78 is 18.8. The van der Waals surface area contributed by atoms with E-state index < -0.39 is 5.82 Å². The molecule has 0 N–H and O–H groups in total. The molecule has 0 radical (unpaired) electrons. The molecule has 1 rings (SSSR count). The zero-order valence-corrected chi connectivity index (χ0v) is 11.7. The minimum Gasteiger partial charge on any atom is -0.490 e. The summed E-state index contributed by atoms with van der Waals surface area (Å²) in [6.45, 7) is 2.67. The van der Waals surface area contributed by atoms with Gasteiger partial charge in [0.2, 0.25) is 0 Å². The number of hydrogen-bond acceptors (Lipinski definition) is 2. The molecule has 106 valence electrons. The maximum Gasteiger partial charge on any atom is 0.165 e. The molecule has 0 atom stereocenters. The van der Waals surface area contributed by atoms with Gasteiger partial charge >= 0.3 is 0 Å². The summed E-state index contributed by atoms with van der Waals surface area (Å²) in [4.78, 5) is 10.8. The number of hydrogen-bond donors (Lipinski definition) is 0. The topological polar surface area (TPSA) is 26.3 Å². The Bertz CT molecular complexity index is 377. The molecule has 0 saturated carbocycles. The number of carbonyl (C=O) groups excluding carboxylic acids is 1. The Balaban J connectivity index is 2.21. The largest absolute Gasteiger partial charge is 0.490 e. The smallest absolute Gasteiger partial charge is 0.165 e. The third kappa shape index (κ3) is 5.86. The lowest BCUT2D eigenvalue weighted by Gasteiger charge is -2.09. The molecule has 0 heterocycles. The molecule has 0 amide bonds. The SMILES string of the molecule is CCCCCCCCCOc1c(F)cccc1C=O. The van der Waals surface area contributed by atoms with Crippen molar-refractivity contribution in [2.45, 2.75) is 51.9 Å². The molecule has 19 heavy (non-hydrogen) atoms. The quantitative estimate of drug-likeness (QED) is 0.450. The number of rotatable bonds is 10. The number of unbranched alkanes of at least 4 members (excludes halogenated alkanes) is 6. The van der Waals surface area contributed by atoms with Crippen LogP contribution < -0.4 is 4.74 Å². The van der Waals surface area contributed by atoms with Crippen LogP contribution in [0, 0.1) is 5.82 Å². The zero-order valence-electron chi connectivity index (χ0n) is 11.7. The van der Waals surface area contributed by atoms with Crippen molar-refractivity contribution < 1.29 is 13.9 Å². The normalized spacial score (nSPS) is 10.4. The molecule has 0 aliphatic heterocycles. The van der Waals surface area contributed by atoms with Crippen LogP contribution in [0.5, 0.6) is 5.75 Å². The lowest BCUT2D eigenvalue weighted by Crippen LogP contribution is -2.02. The van der Waals surface area contributed by atoms with Crippen molar-refractivity contribution in [3.8, 4) is 5.75 Å². The number of para-hydroxylation sites is 1. The van der Waals surface area contributed by atoms with Gasteiger partial charge in [0.25, 0.3) is 0 Å². The Morgan fingerprint density at radius 2 is 1.79 bits per heavy atom. The van der Waals surface area contributed by atoms with Gasteiger partial charge in [0.1, 0.15) is 0 Å². The summed E-state index contributed by atoms with van der Waals surface area (Å²) in [6, 6.07) is 4.39. The molecule has 3 heteroatoms. The molecule has 0 bridgehead atoms. The second-order valence-corrected chi connectivity index (χ2v) is 4.75. The van der Waals surface area contributed by atoms with Crippen molar-refractivity contribution >= 4 is 6.29 Å². The van der Waals surface area contributed by atoms with Crippen molar-refractivity contribution in [2.75, 3.05) is 6.61 Å². The predicted molar refractivity (Wildman–Crippen MR) is 75.3 cm³/mol. The van der Waals surface area contributed by atoms with Gasteiger partial charge in [0.15, 0.2) is 17.9 Å². The van der Waals surface area contributed by atoms with E-state index in [1.54, 1.807) is 6.07 Å². The minimum absolute atomic E-state index is 0.0866. The van der Waals surface area contributed by atoms with Crippen LogP contribution in [0.25, 0.3) is 0 Å². The van der Waals surface area contributed by atoms with Crippen molar-refractivity contribution in [1.82, 2.24) is 0 Å². The molecular formula is C16H23FO2. The van der Waals surface area contributed by atoms with Crippen LogP contribution in [0.4, 0.5) is 4.39 Å². The number of halogens is 1. The molecule has 0 saturated heterocycles. The lowest BCUT2D eigenvalue weighted by atomic mass is 10.1. The molecule has 1 aromatic carbocycles. The van der Waals surface area contributed by atoms with E-state index in [0.29, 0.717) is 12.9 Å². The van der Waals surface area contributed by atoms with Crippen LogP contribution >= 0.6 is 0 Å². The Hall–Kier alpha value is -1.38. The molecule has 0 unspecified atom stereocenters. The average molecular weight is 266 g/mol. The first-order valence-corrected chi connectivity index (χ1v) is 7.16. The lowest BCUT2D eigenvalue weighted by molar-refractivity contribution is 0.111. The van der Waals surface area contributed by atoms with Crippen molar-refractivity contribution in [1.29, 1.82) is 0 Å². The molecule has 0 aliphatic rings. The van der Waals surface area contributed by atoms with E-state index in [1.807, 2.05) is 0 Å². The standard InChI is InChI=1S/C16H23FO2/c1-2-3-4-5-6-7-8-12-19-16-14(13-18)10-9-11-15(16)17/h9-11,13H,2-8,12H2,1H3. The highest BCUT2D eigenvalue weighted by molar-refractivity contribution is 5.79. The first-order chi connectivity index (χ1) is 9.29. The number of benzene rings is 1. The van der Waals surface area contributed by atoms with Crippen LogP contribution in [0.2, 0.25) is 0 Å². The van der Waals surface area contributed by atoms with Gasteiger partial charge in [-0.2, -0.15) is 0 Å². The summed E-state index contributed by atoms with van der Waals surface area (Å²) in [6.07, 6.45) is 8.92. The number of carbonyl (C=O) groups is 1. The van der Waals surface area contributed by atoms with Crippen LogP contribution in [0.1, 0.15) is 62.2 Å². The van der Waals surface area contributed by atoms with E-state index in [-0.39, 0.29) is 11.3 Å². The highest BCUT2D eigenvalue weighted by Gasteiger charge is 2.08. The Morgan fingerprint density at radius 1 is 1.11 bits per heavy atom. The van der Waals surface area contributed by atoms with Gasteiger partial charge in [-0.05, 0) is 18.6 Å². The average Bonchev–Trinajstić information content (AvgIpc) is 2.43. The second kappa shape index (κ2) is 9.54. The molecule has 2 nitrogen and oxygen atoms in total. The van der Waals surface area contributed by atoms with E-state index in [0.717, 1.165) is 12.8 Å². The Morgan fingerprint density at radius 3 is 2.47 bits per heavy atom. The maximum atomic E-state index is 13.5. The second-order valence-electron chi connectivity index (χ2n) is 4.75. The van der Waals surface area contributed by atoms with Gasteiger partial charge in [-0.1, -0.05) is 51.5 Å². The summed E-state index contributed by atoms with van der Waals surface area (Å²) in [7, 11) is 0. The molecule has 0 aromatic heterocycles. The summed E-state index contributed by atoms with van der Waals surface area (Å²) in [5.74, 6) is -0.379. The number of ether oxygens (including phenoxy) is 1. The highest BCUT2D eigenvalue weighted by atomic mass is 19.1. The monoisotopic (exact) mass is 266 g/mol. The minimum atomic E-state index is -0.465. The van der Waals surface area contributed by atoms with Crippen molar-refractivity contribution in [3.05, 3.63) is 29.6 Å². The van der Waals surface area contributed by atoms with E-state index in [1.165, 1.54) is 44.2 Å². The van der Waals surface area contributed by atoms with Gasteiger partial charge in [-0.3, -0.25) is 4.79 Å². The molecule has 1 aromatic rings. The fourth-order valence-electron chi connectivity index (χ4n) is 2.00. The van der Waals surface area contributed by atoms with E-state index in [4.69, 9.17) is 4.74 Å². The van der Waals surface area contributed by atoms with Crippen LogP contribution in [-0.2, 0) is 0 Å². The Kier molecular flexibility index (Phi) is 7.87. The molecule has 0 aliphatic carbocycles. The Labute approximate surface area is 115 Å². The molecule has 0 fully saturated rings. The molecular weight excluding hydrogens is 243 g/mol. The summed E-state index contributed by atoms with van der Waals surface area (Å²) in [5.41, 5.74) is 0.281. The van der Waals surface area contributed by atoms with Crippen molar-refractivity contribution in [2.24, 2.45) is 0 Å². The van der Waals surface area contributed by atoms with E-state index in [2.05, 4.69) is 6.92 Å². The van der Waals surface area contributed by atoms with E-state index in [9.17, 15) is 9.18 Å². The van der Waals surface area contributed by atoms with Crippen LogP contribution in [0.15, 0.2) is 18.2 Å². The summed E-state index contributed by atoms with van der Waals surface area (Å²) in [5, 5.41) is 0. The van der Waals surface area contributed by atoms with Gasteiger partial charge in [-0.25, -0.2) is 4.39 Å². The first-order valence-electron chi connectivity index (χ1n) is 7.16. The maximum absolute atomic E-state index is 13.5. The fraction of sp³-hybridized carbons (Fsp3) is 0.562. The fourth-order valence-corrected chi connectivity index (χ4v) is 2.00. The van der Waals surface area contributed by atoms with Crippen LogP contribution in [-0.4, -0.2) is 12.9 Å². The molecule has 0 spiro atoms. The highest BCUT2D eigenvalue weighted by Crippen LogP contribution is 2.21. The van der Waals surface area contributed by atoms with Gasteiger partial charge in [-0.15, -0.1) is 0 Å². The zero-order chi connectivity index (χ0) is 13.9. The first kappa shape index (κ1) is 15.7. The van der Waals surface area contributed by atoms with Gasteiger partial charge < -0.3 is 4.74 Å². The van der Waals surface area contributed by atoms with Crippen molar-refractivity contribution in [3.63, 3.8) is 0 Å². The van der Waals surface area contributed by atoms with Gasteiger partial charge in [0.05, 0.1) is 12.2 Å². The summed E-state index contributed by atoms with van der Waals surface area (Å²) >= 11 is 0. The van der Waals surface area contributed by atoms with Gasteiger partial charge in [0, 0.05) is 0 Å². The number of aldehydes is 1. The van der Waals surface area contributed by atoms with Crippen LogP contribution in [0.3, 0.4) is 0 Å². The predicted octanol–water partition coefficient (Wildman–Crippen LogP) is 4.77.